The predicted octanol–water partition coefficient (Wildman–Crippen LogP) is 1.22. The molecule has 3 aliphatic carbocycles. The number of amides is 2. The zero-order chi connectivity index (χ0) is 28.0. The van der Waals surface area contributed by atoms with E-state index in [9.17, 15) is 14.7 Å². The molecule has 10 unspecified atom stereocenters. The summed E-state index contributed by atoms with van der Waals surface area (Å²) in [5.74, 6) is 2.09. The highest BCUT2D eigenvalue weighted by Gasteiger charge is 2.66. The summed E-state index contributed by atoms with van der Waals surface area (Å²) in [5.41, 5.74) is 0. The summed E-state index contributed by atoms with van der Waals surface area (Å²) in [4.78, 5) is 29.6. The molecule has 3 saturated heterocycles. The Kier molecular flexibility index (Phi) is 8.76. The third-order valence-corrected chi connectivity index (χ3v) is 11.9. The minimum Gasteiger partial charge on any atom is -0.396 e. The van der Waals surface area contributed by atoms with Gasteiger partial charge in [0.2, 0.25) is 11.8 Å². The number of piperidine rings is 2. The fourth-order valence-corrected chi connectivity index (χ4v) is 10.1. The summed E-state index contributed by atoms with van der Waals surface area (Å²) in [7, 11) is 3.48. The number of quaternary nitrogens is 1. The van der Waals surface area contributed by atoms with Gasteiger partial charge in [-0.2, -0.15) is 0 Å². The number of rotatable bonds is 8. The van der Waals surface area contributed by atoms with Crippen LogP contribution in [0.4, 0.5) is 0 Å². The molecule has 6 fully saturated rings. The Morgan fingerprint density at radius 1 is 1.02 bits per heavy atom. The van der Waals surface area contributed by atoms with Crippen molar-refractivity contribution in [3.63, 3.8) is 0 Å². The van der Waals surface area contributed by atoms with Crippen LogP contribution in [0.3, 0.4) is 0 Å². The summed E-state index contributed by atoms with van der Waals surface area (Å²) in [6.07, 6.45) is 10.3. The highest BCUT2D eigenvalue weighted by atomic mass is 16.5. The van der Waals surface area contributed by atoms with Crippen LogP contribution in [0.1, 0.15) is 77.6 Å². The third kappa shape index (κ3) is 5.12. The quantitative estimate of drug-likeness (QED) is 0.410. The van der Waals surface area contributed by atoms with Crippen LogP contribution in [0.5, 0.6) is 0 Å². The monoisotopic (exact) mass is 562 g/mol. The first-order chi connectivity index (χ1) is 19.4. The van der Waals surface area contributed by atoms with E-state index >= 15 is 0 Å². The maximum Gasteiger partial charge on any atom is 0.249 e. The molecule has 0 radical (unpaired) electrons. The van der Waals surface area contributed by atoms with Gasteiger partial charge in [-0.05, 0) is 88.9 Å². The molecule has 9 heteroatoms. The van der Waals surface area contributed by atoms with Crippen LogP contribution in [0.15, 0.2) is 0 Å². The summed E-state index contributed by atoms with van der Waals surface area (Å²) < 4.78 is 18.2. The lowest BCUT2D eigenvalue weighted by Gasteiger charge is -2.53. The molecule has 0 aromatic rings. The minimum atomic E-state index is -0.467. The molecule has 0 aromatic heterocycles. The first kappa shape index (κ1) is 28.8. The SMILES string of the molecule is COC1CCC2C3[NH2+]CCC4C5CC(O[C@H](C)C(=O)NC6CCC(CCO)CC6)CCC5N(C(=O)C2C1OC)C43. The average molecular weight is 563 g/mol. The lowest BCUT2D eigenvalue weighted by molar-refractivity contribution is -0.713. The number of nitrogens with two attached hydrogens (primary N) is 1. The predicted molar refractivity (Wildman–Crippen MR) is 148 cm³/mol. The summed E-state index contributed by atoms with van der Waals surface area (Å²) in [6.45, 7) is 3.27. The van der Waals surface area contributed by atoms with Gasteiger partial charge in [0.1, 0.15) is 12.1 Å². The van der Waals surface area contributed by atoms with Gasteiger partial charge in [0, 0.05) is 45.2 Å². The van der Waals surface area contributed by atoms with Crippen molar-refractivity contribution < 1.29 is 34.2 Å². The van der Waals surface area contributed by atoms with Crippen LogP contribution in [0, 0.1) is 29.6 Å². The summed E-state index contributed by atoms with van der Waals surface area (Å²) in [6, 6.07) is 1.25. The first-order valence-electron chi connectivity index (χ1n) is 16.2. The lowest BCUT2D eigenvalue weighted by Crippen LogP contribution is -2.99. The van der Waals surface area contributed by atoms with Gasteiger partial charge in [-0.1, -0.05) is 0 Å². The van der Waals surface area contributed by atoms with E-state index in [-0.39, 0.29) is 48.8 Å². The molecule has 3 heterocycles. The fraction of sp³-hybridized carbons (Fsp3) is 0.935. The standard InChI is InChI=1S/C31H51N3O6/c1-17(30(36)33-19-6-4-18(5-7-19)13-15-35)40-20-8-10-24-23(16-20)21-12-14-32-27-22-9-11-25(38-2)29(39-3)26(22)31(37)34(24)28(21)27/h17-29,32,35H,4-16H2,1-3H3,(H,33,36)/p+1/t17-,18?,19?,20?,21?,22?,23?,24?,25?,26?,27?,28?,29?/m1/s1. The number of carbonyl (C=O) groups is 2. The van der Waals surface area contributed by atoms with Gasteiger partial charge in [0.05, 0.1) is 36.8 Å². The van der Waals surface area contributed by atoms with Crippen molar-refractivity contribution in [2.24, 2.45) is 29.6 Å². The van der Waals surface area contributed by atoms with Gasteiger partial charge in [-0.3, -0.25) is 9.59 Å². The van der Waals surface area contributed by atoms with Crippen molar-refractivity contribution in [3.8, 4) is 0 Å². The molecule has 2 amide bonds. The van der Waals surface area contributed by atoms with E-state index in [1.165, 1.54) is 0 Å². The Balaban J connectivity index is 1.10. The molecule has 9 nitrogen and oxygen atoms in total. The van der Waals surface area contributed by atoms with Crippen molar-refractivity contribution in [2.45, 2.75) is 126 Å². The Bertz CT molecular complexity index is 912. The third-order valence-electron chi connectivity index (χ3n) is 11.9. The molecular weight excluding hydrogens is 510 g/mol. The topological polar surface area (TPSA) is 114 Å². The minimum absolute atomic E-state index is 0.00135. The number of aliphatic hydroxyl groups excluding tert-OH is 1. The normalized spacial score (nSPS) is 45.3. The van der Waals surface area contributed by atoms with Crippen LogP contribution in [0.2, 0.25) is 0 Å². The van der Waals surface area contributed by atoms with Gasteiger partial charge in [0.15, 0.2) is 0 Å². The molecule has 3 saturated carbocycles. The van der Waals surface area contributed by atoms with Gasteiger partial charge < -0.3 is 34.9 Å². The molecule has 0 aromatic carbocycles. The average Bonchev–Trinajstić information content (AvgIpc) is 3.31. The Morgan fingerprint density at radius 3 is 2.55 bits per heavy atom. The molecule has 6 rings (SSSR count). The molecule has 3 aliphatic heterocycles. The number of ether oxygens (including phenoxy) is 3. The zero-order valence-electron chi connectivity index (χ0n) is 24.7. The summed E-state index contributed by atoms with van der Waals surface area (Å²) >= 11 is 0. The molecule has 40 heavy (non-hydrogen) atoms. The second-order valence-corrected chi connectivity index (χ2v) is 13.7. The fourth-order valence-electron chi connectivity index (χ4n) is 10.1. The second kappa shape index (κ2) is 12.2. The van der Waals surface area contributed by atoms with Gasteiger partial charge in [0.25, 0.3) is 0 Å². The van der Waals surface area contributed by atoms with E-state index in [1.807, 2.05) is 6.92 Å². The Labute approximate surface area is 239 Å². The molecular formula is C31H52N3O6+. The van der Waals surface area contributed by atoms with Gasteiger partial charge >= 0.3 is 0 Å². The molecule has 4 N–H and O–H groups in total. The number of methoxy groups -OCH3 is 2. The molecule has 226 valence electrons. The number of carbonyl (C=O) groups excluding carboxylic acids is 2. The van der Waals surface area contributed by atoms with E-state index < -0.39 is 6.10 Å². The zero-order valence-corrected chi connectivity index (χ0v) is 24.7. The second-order valence-electron chi connectivity index (χ2n) is 13.7. The molecule has 0 bridgehead atoms. The van der Waals surface area contributed by atoms with E-state index in [1.54, 1.807) is 14.2 Å². The van der Waals surface area contributed by atoms with E-state index in [0.717, 1.165) is 77.2 Å². The van der Waals surface area contributed by atoms with Crippen LogP contribution in [-0.2, 0) is 23.8 Å². The largest absolute Gasteiger partial charge is 0.396 e. The maximum absolute atomic E-state index is 14.2. The maximum atomic E-state index is 14.2. The first-order valence-corrected chi connectivity index (χ1v) is 16.2. The van der Waals surface area contributed by atoms with Crippen LogP contribution in [0.25, 0.3) is 0 Å². The van der Waals surface area contributed by atoms with Crippen molar-refractivity contribution in [3.05, 3.63) is 0 Å². The van der Waals surface area contributed by atoms with Crippen LogP contribution in [-0.4, -0.2) is 97.8 Å². The Morgan fingerprint density at radius 2 is 1.82 bits per heavy atom. The van der Waals surface area contributed by atoms with Gasteiger partial charge in [-0.15, -0.1) is 0 Å². The van der Waals surface area contributed by atoms with Crippen LogP contribution >= 0.6 is 0 Å². The lowest BCUT2D eigenvalue weighted by atomic mass is 9.64. The van der Waals surface area contributed by atoms with E-state index in [4.69, 9.17) is 14.2 Å². The number of nitrogens with zero attached hydrogens (tertiary/aromatic N) is 1. The highest BCUT2D eigenvalue weighted by Crippen LogP contribution is 2.53. The van der Waals surface area contributed by atoms with Crippen molar-refractivity contribution in [1.82, 2.24) is 10.2 Å². The van der Waals surface area contributed by atoms with Crippen molar-refractivity contribution >= 4 is 11.8 Å². The summed E-state index contributed by atoms with van der Waals surface area (Å²) in [5, 5.41) is 15.0. The van der Waals surface area contributed by atoms with Crippen molar-refractivity contribution in [2.75, 3.05) is 27.4 Å². The number of nitrogens with one attached hydrogen (secondary N) is 1. The van der Waals surface area contributed by atoms with E-state index in [0.29, 0.717) is 41.7 Å². The van der Waals surface area contributed by atoms with Crippen molar-refractivity contribution in [1.29, 1.82) is 0 Å². The van der Waals surface area contributed by atoms with Crippen LogP contribution < -0.4 is 10.6 Å². The number of fused-ring (bicyclic) bond motifs is 5. The molecule has 6 aliphatic rings. The number of aliphatic hydroxyl groups is 1. The smallest absolute Gasteiger partial charge is 0.249 e. The van der Waals surface area contributed by atoms with E-state index in [2.05, 4.69) is 15.5 Å². The number of hydrogen-bond acceptors (Lipinski definition) is 6. The number of hydrogen-bond donors (Lipinski definition) is 3. The highest BCUT2D eigenvalue weighted by molar-refractivity contribution is 5.83. The van der Waals surface area contributed by atoms with Gasteiger partial charge in [-0.25, -0.2) is 0 Å². The molecule has 0 spiro atoms. The Hall–Kier alpha value is -1.26. The molecule has 11 atom stereocenters.